The van der Waals surface area contributed by atoms with Gasteiger partial charge in [0.05, 0.1) is 0 Å². The van der Waals surface area contributed by atoms with Gasteiger partial charge in [0.2, 0.25) is 0 Å². The van der Waals surface area contributed by atoms with Crippen LogP contribution in [0.3, 0.4) is 0 Å². The van der Waals surface area contributed by atoms with Gasteiger partial charge in [-0.05, 0) is 24.6 Å². The van der Waals surface area contributed by atoms with Crippen molar-refractivity contribution in [3.05, 3.63) is 65.7 Å². The van der Waals surface area contributed by atoms with Crippen LogP contribution in [0.1, 0.15) is 18.1 Å². The predicted octanol–water partition coefficient (Wildman–Crippen LogP) is 3.86. The number of nitrogens with one attached hydrogen (secondary N) is 2. The predicted molar refractivity (Wildman–Crippen MR) is 80.7 cm³/mol. The monoisotopic (exact) mass is 254 g/mol. The van der Waals surface area contributed by atoms with Crippen LogP contribution in [0.15, 0.2) is 54.6 Å². The average molecular weight is 254 g/mol. The van der Waals surface area contributed by atoms with Crippen molar-refractivity contribution in [3.63, 3.8) is 0 Å². The Hall–Kier alpha value is -2.00. The second kappa shape index (κ2) is 5.56. The van der Waals surface area contributed by atoms with Crippen LogP contribution in [0.5, 0.6) is 0 Å². The third-order valence-electron chi connectivity index (χ3n) is 2.61. The summed E-state index contributed by atoms with van der Waals surface area (Å²) in [5, 5.41) is 10.7. The molecular weight excluding hydrogens is 240 g/mol. The van der Waals surface area contributed by atoms with E-state index in [-0.39, 0.29) is 0 Å². The van der Waals surface area contributed by atoms with Gasteiger partial charge in [-0.25, -0.2) is 0 Å². The standard InChI is InChI=1S/C15H14N2S/c1-11(16)12-7-9-14(10-8-12)17-15(18)13-5-3-2-4-6-13/h2-10,16H,1H3,(H,17,18). The minimum Gasteiger partial charge on any atom is -0.346 e. The van der Waals surface area contributed by atoms with Gasteiger partial charge in [0.1, 0.15) is 4.99 Å². The molecular formula is C15H14N2S. The smallest absolute Gasteiger partial charge is 0.110 e. The average Bonchev–Trinajstić information content (AvgIpc) is 2.40. The summed E-state index contributed by atoms with van der Waals surface area (Å²) in [4.78, 5) is 0.704. The van der Waals surface area contributed by atoms with Crippen LogP contribution in [0.4, 0.5) is 5.69 Å². The number of anilines is 1. The minimum absolute atomic E-state index is 0.562. The first kappa shape index (κ1) is 12.5. The van der Waals surface area contributed by atoms with E-state index in [9.17, 15) is 0 Å². The van der Waals surface area contributed by atoms with Crippen molar-refractivity contribution in [1.29, 1.82) is 5.41 Å². The molecule has 2 N–H and O–H groups in total. The summed E-state index contributed by atoms with van der Waals surface area (Å²) in [5.74, 6) is 0. The van der Waals surface area contributed by atoms with Crippen LogP contribution in [0, 0.1) is 5.41 Å². The molecule has 0 aliphatic heterocycles. The van der Waals surface area contributed by atoms with E-state index in [0.717, 1.165) is 16.8 Å². The van der Waals surface area contributed by atoms with Crippen molar-refractivity contribution in [2.75, 3.05) is 5.32 Å². The van der Waals surface area contributed by atoms with Crippen molar-refractivity contribution in [1.82, 2.24) is 0 Å². The van der Waals surface area contributed by atoms with Crippen LogP contribution in [-0.2, 0) is 0 Å². The fourth-order valence-electron chi connectivity index (χ4n) is 1.60. The molecule has 2 aromatic rings. The molecule has 0 heterocycles. The molecule has 2 nitrogen and oxygen atoms in total. The lowest BCUT2D eigenvalue weighted by Gasteiger charge is -2.08. The lowest BCUT2D eigenvalue weighted by atomic mass is 10.1. The second-order valence-electron chi connectivity index (χ2n) is 4.02. The highest BCUT2D eigenvalue weighted by Crippen LogP contribution is 2.12. The van der Waals surface area contributed by atoms with E-state index in [0.29, 0.717) is 10.7 Å². The summed E-state index contributed by atoms with van der Waals surface area (Å²) in [6.07, 6.45) is 0. The molecule has 0 aliphatic rings. The van der Waals surface area contributed by atoms with Crippen molar-refractivity contribution in [2.24, 2.45) is 0 Å². The van der Waals surface area contributed by atoms with Crippen molar-refractivity contribution < 1.29 is 0 Å². The van der Waals surface area contributed by atoms with Crippen LogP contribution in [-0.4, -0.2) is 10.7 Å². The molecule has 2 rings (SSSR count). The summed E-state index contributed by atoms with van der Waals surface area (Å²) in [7, 11) is 0. The van der Waals surface area contributed by atoms with E-state index in [1.54, 1.807) is 6.92 Å². The zero-order valence-electron chi connectivity index (χ0n) is 10.1. The lowest BCUT2D eigenvalue weighted by molar-refractivity contribution is 1.45. The summed E-state index contributed by atoms with van der Waals surface area (Å²) in [5.41, 5.74) is 3.42. The Morgan fingerprint density at radius 1 is 0.944 bits per heavy atom. The van der Waals surface area contributed by atoms with E-state index < -0.39 is 0 Å². The Morgan fingerprint density at radius 2 is 1.56 bits per heavy atom. The Bertz CT molecular complexity index is 559. The largest absolute Gasteiger partial charge is 0.346 e. The second-order valence-corrected chi connectivity index (χ2v) is 4.43. The molecule has 0 aromatic heterocycles. The lowest BCUT2D eigenvalue weighted by Crippen LogP contribution is -2.10. The summed E-state index contributed by atoms with van der Waals surface area (Å²) in [6.45, 7) is 1.77. The molecule has 0 unspecified atom stereocenters. The first-order chi connectivity index (χ1) is 8.66. The summed E-state index contributed by atoms with van der Waals surface area (Å²) >= 11 is 5.33. The summed E-state index contributed by atoms with van der Waals surface area (Å²) in [6, 6.07) is 17.5. The quantitative estimate of drug-likeness (QED) is 0.644. The Kier molecular flexibility index (Phi) is 3.85. The Morgan fingerprint density at radius 3 is 2.11 bits per heavy atom. The molecule has 0 bridgehead atoms. The molecule has 2 aromatic carbocycles. The number of hydrogen-bond donors (Lipinski definition) is 2. The van der Waals surface area contributed by atoms with Gasteiger partial charge < -0.3 is 10.7 Å². The van der Waals surface area contributed by atoms with E-state index in [1.165, 1.54) is 0 Å². The van der Waals surface area contributed by atoms with Gasteiger partial charge in [-0.15, -0.1) is 0 Å². The van der Waals surface area contributed by atoms with Crippen LogP contribution < -0.4 is 5.32 Å². The molecule has 0 spiro atoms. The van der Waals surface area contributed by atoms with Gasteiger partial charge in [-0.2, -0.15) is 0 Å². The van der Waals surface area contributed by atoms with Crippen molar-refractivity contribution in [2.45, 2.75) is 6.92 Å². The first-order valence-electron chi connectivity index (χ1n) is 5.69. The zero-order valence-corrected chi connectivity index (χ0v) is 10.9. The fourth-order valence-corrected chi connectivity index (χ4v) is 1.85. The fraction of sp³-hybridized carbons (Fsp3) is 0.0667. The van der Waals surface area contributed by atoms with E-state index in [2.05, 4.69) is 5.32 Å². The third-order valence-corrected chi connectivity index (χ3v) is 2.95. The number of rotatable bonds is 3. The summed E-state index contributed by atoms with van der Waals surface area (Å²) < 4.78 is 0. The molecule has 0 aliphatic carbocycles. The van der Waals surface area contributed by atoms with Crippen LogP contribution >= 0.6 is 12.2 Å². The van der Waals surface area contributed by atoms with E-state index in [4.69, 9.17) is 17.6 Å². The molecule has 0 amide bonds. The van der Waals surface area contributed by atoms with Crippen molar-refractivity contribution in [3.8, 4) is 0 Å². The van der Waals surface area contributed by atoms with Gasteiger partial charge in [0.15, 0.2) is 0 Å². The number of thiocarbonyl (C=S) groups is 1. The Labute approximate surface area is 112 Å². The highest BCUT2D eigenvalue weighted by atomic mass is 32.1. The van der Waals surface area contributed by atoms with Crippen LogP contribution in [0.2, 0.25) is 0 Å². The molecule has 0 fully saturated rings. The van der Waals surface area contributed by atoms with Gasteiger partial charge in [-0.1, -0.05) is 54.7 Å². The van der Waals surface area contributed by atoms with Gasteiger partial charge in [0, 0.05) is 17.0 Å². The van der Waals surface area contributed by atoms with E-state index in [1.807, 2.05) is 54.6 Å². The maximum Gasteiger partial charge on any atom is 0.110 e. The zero-order chi connectivity index (χ0) is 13.0. The molecule has 3 heteroatoms. The molecule has 0 radical (unpaired) electrons. The number of benzene rings is 2. The number of hydrogen-bond acceptors (Lipinski definition) is 2. The normalized spacial score (nSPS) is 9.83. The molecule has 18 heavy (non-hydrogen) atoms. The van der Waals surface area contributed by atoms with Gasteiger partial charge in [0.25, 0.3) is 0 Å². The maximum absolute atomic E-state index is 7.54. The first-order valence-corrected chi connectivity index (χ1v) is 6.09. The third kappa shape index (κ3) is 3.02. The molecule has 0 saturated carbocycles. The topological polar surface area (TPSA) is 35.9 Å². The van der Waals surface area contributed by atoms with Crippen LogP contribution in [0.25, 0.3) is 0 Å². The SMILES string of the molecule is CC(=N)c1ccc(NC(=S)c2ccccc2)cc1. The van der Waals surface area contributed by atoms with E-state index >= 15 is 0 Å². The van der Waals surface area contributed by atoms with Crippen molar-refractivity contribution >= 4 is 28.6 Å². The minimum atomic E-state index is 0.562. The molecule has 0 saturated heterocycles. The highest BCUT2D eigenvalue weighted by molar-refractivity contribution is 7.81. The Balaban J connectivity index is 2.10. The highest BCUT2D eigenvalue weighted by Gasteiger charge is 2.01. The molecule has 0 atom stereocenters. The molecule has 90 valence electrons. The van der Waals surface area contributed by atoms with Gasteiger partial charge in [-0.3, -0.25) is 0 Å². The van der Waals surface area contributed by atoms with Gasteiger partial charge >= 0.3 is 0 Å². The maximum atomic E-state index is 7.54.